The normalized spacial score (nSPS) is 17.3. The lowest BCUT2D eigenvalue weighted by Gasteiger charge is -2.35. The molecular weight excluding hydrogens is 443 g/mol. The van der Waals surface area contributed by atoms with E-state index in [0.29, 0.717) is 30.0 Å². The Balaban J connectivity index is 0.00000338. The van der Waals surface area contributed by atoms with Crippen molar-refractivity contribution in [1.29, 1.82) is 0 Å². The van der Waals surface area contributed by atoms with Crippen LogP contribution in [0, 0.1) is 5.92 Å². The van der Waals surface area contributed by atoms with Crippen molar-refractivity contribution in [2.45, 2.75) is 39.3 Å². The molecule has 1 aromatic rings. The Morgan fingerprint density at radius 2 is 1.92 bits per heavy atom. The van der Waals surface area contributed by atoms with Gasteiger partial charge in [-0.3, -0.25) is 4.90 Å². The van der Waals surface area contributed by atoms with Crippen molar-refractivity contribution < 1.29 is 9.47 Å². The summed E-state index contributed by atoms with van der Waals surface area (Å²) in [5, 5.41) is 3.24. The van der Waals surface area contributed by atoms with E-state index < -0.39 is 0 Å². The van der Waals surface area contributed by atoms with E-state index in [9.17, 15) is 0 Å². The highest BCUT2D eigenvalue weighted by Crippen LogP contribution is 2.27. The first kappa shape index (κ1) is 22.8. The molecule has 0 aromatic heterocycles. The van der Waals surface area contributed by atoms with E-state index in [1.165, 1.54) is 25.9 Å². The highest BCUT2D eigenvalue weighted by Gasteiger charge is 2.20. The number of nitrogens with zero attached hydrogens (tertiary/aromatic N) is 2. The van der Waals surface area contributed by atoms with E-state index in [1.807, 2.05) is 18.2 Å². The van der Waals surface area contributed by atoms with Crippen LogP contribution in [0.3, 0.4) is 0 Å². The number of ether oxygens (including phenoxy) is 2. The zero-order valence-corrected chi connectivity index (χ0v) is 18.7. The first-order chi connectivity index (χ1) is 12.0. The number of guanidine groups is 1. The molecular formula is C19H33IN4O2. The van der Waals surface area contributed by atoms with Crippen molar-refractivity contribution in [1.82, 2.24) is 10.2 Å². The lowest BCUT2D eigenvalue weighted by atomic mass is 9.98. The minimum Gasteiger partial charge on any atom is -0.493 e. The maximum Gasteiger partial charge on any atom is 0.188 e. The summed E-state index contributed by atoms with van der Waals surface area (Å²) < 4.78 is 10.6. The highest BCUT2D eigenvalue weighted by atomic mass is 127. The minimum atomic E-state index is 0. The number of benzene rings is 1. The van der Waals surface area contributed by atoms with Crippen LogP contribution in [0.5, 0.6) is 11.5 Å². The molecule has 0 spiro atoms. The Bertz CT molecular complexity index is 575. The third-order valence-electron chi connectivity index (χ3n) is 4.90. The Kier molecular flexibility index (Phi) is 10.1. The Hall–Kier alpha value is -1.22. The number of likely N-dealkylation sites (tertiary alicyclic amines) is 1. The molecule has 0 aliphatic carbocycles. The molecule has 6 nitrogen and oxygen atoms in total. The molecule has 1 saturated heterocycles. The number of nitrogens with one attached hydrogen (secondary N) is 1. The summed E-state index contributed by atoms with van der Waals surface area (Å²) in [4.78, 5) is 6.95. The average Bonchev–Trinajstić information content (AvgIpc) is 2.64. The summed E-state index contributed by atoms with van der Waals surface area (Å²) in [6.07, 6.45) is 2.57. The number of hydrogen-bond donors (Lipinski definition) is 2. The first-order valence-corrected chi connectivity index (χ1v) is 9.02. The van der Waals surface area contributed by atoms with Gasteiger partial charge in [0.15, 0.2) is 17.5 Å². The molecule has 0 radical (unpaired) electrons. The van der Waals surface area contributed by atoms with Crippen LogP contribution in [0.4, 0.5) is 0 Å². The fraction of sp³-hybridized carbons (Fsp3) is 0.632. The van der Waals surface area contributed by atoms with Gasteiger partial charge in [0.1, 0.15) is 0 Å². The molecule has 0 saturated carbocycles. The largest absolute Gasteiger partial charge is 0.493 e. The monoisotopic (exact) mass is 476 g/mol. The van der Waals surface area contributed by atoms with Gasteiger partial charge in [-0.05, 0) is 56.5 Å². The molecule has 1 fully saturated rings. The molecule has 148 valence electrons. The summed E-state index contributed by atoms with van der Waals surface area (Å²) in [6, 6.07) is 6.23. The van der Waals surface area contributed by atoms with Gasteiger partial charge in [-0.15, -0.1) is 24.0 Å². The van der Waals surface area contributed by atoms with Gasteiger partial charge in [-0.1, -0.05) is 13.0 Å². The Morgan fingerprint density at radius 3 is 2.54 bits per heavy atom. The molecule has 7 heteroatoms. The zero-order chi connectivity index (χ0) is 18.2. The number of halogens is 1. The van der Waals surface area contributed by atoms with Gasteiger partial charge in [0.05, 0.1) is 20.8 Å². The Morgan fingerprint density at radius 1 is 1.27 bits per heavy atom. The smallest absolute Gasteiger partial charge is 0.188 e. The van der Waals surface area contributed by atoms with Crippen LogP contribution in [-0.4, -0.2) is 50.8 Å². The number of hydrogen-bond acceptors (Lipinski definition) is 4. The molecule has 3 N–H and O–H groups in total. The van der Waals surface area contributed by atoms with Gasteiger partial charge >= 0.3 is 0 Å². The van der Waals surface area contributed by atoms with Crippen molar-refractivity contribution in [2.24, 2.45) is 16.6 Å². The quantitative estimate of drug-likeness (QED) is 0.360. The summed E-state index contributed by atoms with van der Waals surface area (Å²) in [5.41, 5.74) is 7.04. The van der Waals surface area contributed by atoms with Gasteiger partial charge in [0.25, 0.3) is 0 Å². The van der Waals surface area contributed by atoms with E-state index in [2.05, 4.69) is 29.1 Å². The van der Waals surface area contributed by atoms with Crippen LogP contribution in [-0.2, 0) is 6.54 Å². The summed E-state index contributed by atoms with van der Waals surface area (Å²) in [5.74, 6) is 2.75. The van der Waals surface area contributed by atoms with E-state index in [0.717, 1.165) is 18.0 Å². The van der Waals surface area contributed by atoms with Gasteiger partial charge in [0.2, 0.25) is 0 Å². The molecule has 1 aliphatic heterocycles. The topological polar surface area (TPSA) is 72.1 Å². The fourth-order valence-corrected chi connectivity index (χ4v) is 3.06. The molecule has 1 aliphatic rings. The highest BCUT2D eigenvalue weighted by molar-refractivity contribution is 14.0. The number of methoxy groups -OCH3 is 2. The van der Waals surface area contributed by atoms with Crippen LogP contribution in [0.25, 0.3) is 0 Å². The molecule has 1 atom stereocenters. The number of rotatable bonds is 7. The molecule has 2 rings (SSSR count). The zero-order valence-electron chi connectivity index (χ0n) is 16.3. The van der Waals surface area contributed by atoms with Crippen LogP contribution >= 0.6 is 24.0 Å². The standard InChI is InChI=1S/C19H32N4O2.HI/c1-14-7-9-23(10-8-14)15(2)12-21-19(20)22-13-16-5-6-17(24-3)18(11-16)25-4;/h5-6,11,14-15H,7-10,12-13H2,1-4H3,(H3,20,21,22);1H. The van der Waals surface area contributed by atoms with Crippen molar-refractivity contribution in [3.8, 4) is 11.5 Å². The molecule has 26 heavy (non-hydrogen) atoms. The van der Waals surface area contributed by atoms with Crippen LogP contribution in [0.2, 0.25) is 0 Å². The van der Waals surface area contributed by atoms with E-state index >= 15 is 0 Å². The van der Waals surface area contributed by atoms with Crippen LogP contribution in [0.15, 0.2) is 23.2 Å². The number of piperidine rings is 1. The molecule has 0 amide bonds. The fourth-order valence-electron chi connectivity index (χ4n) is 3.06. The number of nitrogens with two attached hydrogens (primary N) is 1. The summed E-state index contributed by atoms with van der Waals surface area (Å²) in [6.45, 7) is 8.24. The van der Waals surface area contributed by atoms with Crippen LogP contribution in [0.1, 0.15) is 32.3 Å². The third kappa shape index (κ3) is 6.83. The first-order valence-electron chi connectivity index (χ1n) is 9.02. The van der Waals surface area contributed by atoms with Gasteiger partial charge < -0.3 is 20.5 Å². The van der Waals surface area contributed by atoms with Crippen molar-refractivity contribution in [3.05, 3.63) is 23.8 Å². The van der Waals surface area contributed by atoms with Gasteiger partial charge in [-0.2, -0.15) is 0 Å². The molecule has 1 unspecified atom stereocenters. The van der Waals surface area contributed by atoms with Crippen molar-refractivity contribution >= 4 is 29.9 Å². The Labute approximate surface area is 174 Å². The second-order valence-corrected chi connectivity index (χ2v) is 6.84. The van der Waals surface area contributed by atoms with E-state index in [4.69, 9.17) is 15.2 Å². The van der Waals surface area contributed by atoms with Crippen LogP contribution < -0.4 is 20.5 Å². The van der Waals surface area contributed by atoms with Crippen molar-refractivity contribution in [2.75, 3.05) is 33.9 Å². The SMILES string of the molecule is COc1ccc(CN=C(N)NCC(C)N2CCC(C)CC2)cc1OC.I. The summed E-state index contributed by atoms with van der Waals surface area (Å²) in [7, 11) is 3.26. The third-order valence-corrected chi connectivity index (χ3v) is 4.90. The molecule has 1 aromatic carbocycles. The summed E-state index contributed by atoms with van der Waals surface area (Å²) >= 11 is 0. The van der Waals surface area contributed by atoms with Gasteiger partial charge in [-0.25, -0.2) is 4.99 Å². The molecule has 1 heterocycles. The lowest BCUT2D eigenvalue weighted by Crippen LogP contribution is -2.47. The maximum atomic E-state index is 6.01. The minimum absolute atomic E-state index is 0. The van der Waals surface area contributed by atoms with E-state index in [1.54, 1.807) is 14.2 Å². The average molecular weight is 476 g/mol. The second-order valence-electron chi connectivity index (χ2n) is 6.84. The van der Waals surface area contributed by atoms with Crippen molar-refractivity contribution in [3.63, 3.8) is 0 Å². The lowest BCUT2D eigenvalue weighted by molar-refractivity contribution is 0.147. The maximum absolute atomic E-state index is 6.01. The predicted molar refractivity (Wildman–Crippen MR) is 118 cm³/mol. The molecule has 0 bridgehead atoms. The van der Waals surface area contributed by atoms with Gasteiger partial charge in [0, 0.05) is 12.6 Å². The van der Waals surface area contributed by atoms with E-state index in [-0.39, 0.29) is 24.0 Å². The predicted octanol–water partition coefficient (Wildman–Crippen LogP) is 2.85. The second kappa shape index (κ2) is 11.5. The number of aliphatic imine (C=N–C) groups is 1.